The van der Waals surface area contributed by atoms with E-state index in [0.717, 1.165) is 0 Å². The normalized spacial score (nSPS) is 10.7. The molecule has 1 N–H and O–H groups in total. The Morgan fingerprint density at radius 1 is 1.44 bits per heavy atom. The molecular formula is C9H4BrF3N2O. The third-order valence-corrected chi connectivity index (χ3v) is 2.35. The second-order valence-electron chi connectivity index (χ2n) is 2.75. The molecule has 0 fully saturated rings. The highest BCUT2D eigenvalue weighted by molar-refractivity contribution is 9.10. The van der Waals surface area contributed by atoms with Gasteiger partial charge in [-0.2, -0.15) is 18.4 Å². The first-order valence-corrected chi connectivity index (χ1v) is 4.70. The number of rotatable bonds is 2. The Labute approximate surface area is 97.0 Å². The van der Waals surface area contributed by atoms with Crippen LogP contribution in [0.3, 0.4) is 0 Å². The van der Waals surface area contributed by atoms with Gasteiger partial charge in [-0.15, -0.1) is 0 Å². The summed E-state index contributed by atoms with van der Waals surface area (Å²) in [4.78, 5) is 10.2. The van der Waals surface area contributed by atoms with Crippen molar-refractivity contribution in [2.45, 2.75) is 6.18 Å². The van der Waals surface area contributed by atoms with Crippen molar-refractivity contribution >= 4 is 28.0 Å². The highest BCUT2D eigenvalue weighted by Crippen LogP contribution is 2.39. The van der Waals surface area contributed by atoms with E-state index in [9.17, 15) is 18.0 Å². The van der Waals surface area contributed by atoms with E-state index in [0.29, 0.717) is 6.07 Å². The van der Waals surface area contributed by atoms with Gasteiger partial charge in [0.15, 0.2) is 0 Å². The maximum absolute atomic E-state index is 12.6. The summed E-state index contributed by atoms with van der Waals surface area (Å²) in [6.07, 6.45) is -4.50. The third-order valence-electron chi connectivity index (χ3n) is 1.73. The monoisotopic (exact) mass is 292 g/mol. The summed E-state index contributed by atoms with van der Waals surface area (Å²) < 4.78 is 37.8. The fourth-order valence-corrected chi connectivity index (χ4v) is 1.68. The molecule has 0 unspecified atom stereocenters. The van der Waals surface area contributed by atoms with Crippen LogP contribution >= 0.6 is 15.9 Å². The predicted molar refractivity (Wildman–Crippen MR) is 53.5 cm³/mol. The van der Waals surface area contributed by atoms with E-state index in [2.05, 4.69) is 15.9 Å². The van der Waals surface area contributed by atoms with E-state index in [1.54, 1.807) is 6.07 Å². The summed E-state index contributed by atoms with van der Waals surface area (Å²) in [5.41, 5.74) is -1.61. The molecule has 0 saturated heterocycles. The molecule has 1 aromatic rings. The number of carbonyl (C=O) groups excluding carboxylic acids is 1. The minimum atomic E-state index is -4.64. The largest absolute Gasteiger partial charge is 0.418 e. The minimum absolute atomic E-state index is 0.00553. The molecule has 0 aliphatic carbocycles. The van der Waals surface area contributed by atoms with Gasteiger partial charge in [0.05, 0.1) is 22.9 Å². The van der Waals surface area contributed by atoms with E-state index >= 15 is 0 Å². The van der Waals surface area contributed by atoms with E-state index in [1.807, 2.05) is 5.32 Å². The Kier molecular flexibility index (Phi) is 3.55. The third kappa shape index (κ3) is 2.52. The molecule has 1 aromatic carbocycles. The second kappa shape index (κ2) is 4.53. The first-order valence-electron chi connectivity index (χ1n) is 3.91. The zero-order chi connectivity index (χ0) is 12.3. The van der Waals surface area contributed by atoms with E-state index in [4.69, 9.17) is 5.26 Å². The van der Waals surface area contributed by atoms with Gasteiger partial charge in [-0.3, -0.25) is 4.79 Å². The summed E-state index contributed by atoms with van der Waals surface area (Å²) >= 11 is 2.86. The number of amides is 1. The van der Waals surface area contributed by atoms with Gasteiger partial charge in [0.2, 0.25) is 6.41 Å². The van der Waals surface area contributed by atoms with E-state index in [1.165, 1.54) is 6.07 Å². The standard InChI is InChI=1S/C9H4BrF3N2O/c10-7-2-5(3-14)1-6(9(11,12)13)8(7)15-4-16/h1-2,4H,(H,15,16). The second-order valence-corrected chi connectivity index (χ2v) is 3.61. The Balaban J connectivity index is 3.47. The molecule has 0 heterocycles. The molecule has 0 aliphatic rings. The van der Waals surface area contributed by atoms with Crippen LogP contribution in [0, 0.1) is 11.3 Å². The quantitative estimate of drug-likeness (QED) is 0.852. The lowest BCUT2D eigenvalue weighted by Crippen LogP contribution is -2.11. The van der Waals surface area contributed by atoms with Gasteiger partial charge in [-0.25, -0.2) is 0 Å². The maximum atomic E-state index is 12.6. The van der Waals surface area contributed by atoms with Gasteiger partial charge in [0.25, 0.3) is 0 Å². The zero-order valence-electron chi connectivity index (χ0n) is 7.60. The van der Waals surface area contributed by atoms with Gasteiger partial charge in [-0.1, -0.05) is 0 Å². The van der Waals surface area contributed by atoms with Crippen LogP contribution in [0.1, 0.15) is 11.1 Å². The van der Waals surface area contributed by atoms with Crippen LogP contribution in [0.2, 0.25) is 0 Å². The average molecular weight is 293 g/mol. The molecule has 16 heavy (non-hydrogen) atoms. The average Bonchev–Trinajstić information content (AvgIpc) is 2.19. The number of anilines is 1. The fraction of sp³-hybridized carbons (Fsp3) is 0.111. The van der Waals surface area contributed by atoms with Gasteiger partial charge in [-0.05, 0) is 28.1 Å². The van der Waals surface area contributed by atoms with Crippen LogP contribution in [0.4, 0.5) is 18.9 Å². The Morgan fingerprint density at radius 2 is 2.06 bits per heavy atom. The van der Waals surface area contributed by atoms with Crippen molar-refractivity contribution < 1.29 is 18.0 Å². The number of nitrogens with one attached hydrogen (secondary N) is 1. The van der Waals surface area contributed by atoms with Crippen molar-refractivity contribution in [3.8, 4) is 6.07 Å². The van der Waals surface area contributed by atoms with Gasteiger partial charge in [0.1, 0.15) is 0 Å². The Hall–Kier alpha value is -1.55. The van der Waals surface area contributed by atoms with E-state index in [-0.39, 0.29) is 16.4 Å². The number of carbonyl (C=O) groups is 1. The molecule has 3 nitrogen and oxygen atoms in total. The number of nitrogens with zero attached hydrogens (tertiary/aromatic N) is 1. The first-order chi connectivity index (χ1) is 7.40. The lowest BCUT2D eigenvalue weighted by molar-refractivity contribution is -0.137. The molecule has 0 aliphatic heterocycles. The maximum Gasteiger partial charge on any atom is 0.418 e. The molecule has 1 amide bonds. The lowest BCUT2D eigenvalue weighted by atomic mass is 10.1. The van der Waals surface area contributed by atoms with Crippen molar-refractivity contribution in [2.75, 3.05) is 5.32 Å². The van der Waals surface area contributed by atoms with Crippen LogP contribution in [0.15, 0.2) is 16.6 Å². The van der Waals surface area contributed by atoms with Crippen LogP contribution in [-0.2, 0) is 11.0 Å². The summed E-state index contributed by atoms with van der Waals surface area (Å²) in [7, 11) is 0. The number of benzene rings is 1. The first kappa shape index (κ1) is 12.5. The summed E-state index contributed by atoms with van der Waals surface area (Å²) in [6, 6.07) is 3.48. The molecule has 1 rings (SSSR count). The van der Waals surface area contributed by atoms with Crippen LogP contribution in [0.5, 0.6) is 0 Å². The SMILES string of the molecule is N#Cc1cc(Br)c(NC=O)c(C(F)(F)F)c1. The van der Waals surface area contributed by atoms with Gasteiger partial charge < -0.3 is 5.32 Å². The summed E-state index contributed by atoms with van der Waals surface area (Å²) in [5, 5.41) is 10.5. The van der Waals surface area contributed by atoms with Gasteiger partial charge in [0, 0.05) is 4.47 Å². The fourth-order valence-electron chi connectivity index (χ4n) is 1.10. The Morgan fingerprint density at radius 3 is 2.50 bits per heavy atom. The molecule has 0 bridgehead atoms. The number of halogens is 4. The van der Waals surface area contributed by atoms with E-state index < -0.39 is 17.4 Å². The molecule has 84 valence electrons. The lowest BCUT2D eigenvalue weighted by Gasteiger charge is -2.13. The van der Waals surface area contributed by atoms with Crippen molar-refractivity contribution in [1.82, 2.24) is 0 Å². The highest BCUT2D eigenvalue weighted by Gasteiger charge is 2.35. The van der Waals surface area contributed by atoms with Crippen LogP contribution in [0.25, 0.3) is 0 Å². The number of hydrogen-bond donors (Lipinski definition) is 1. The minimum Gasteiger partial charge on any atom is -0.327 e. The molecule has 0 atom stereocenters. The van der Waals surface area contributed by atoms with Crippen molar-refractivity contribution in [3.63, 3.8) is 0 Å². The van der Waals surface area contributed by atoms with Crippen molar-refractivity contribution in [1.29, 1.82) is 5.26 Å². The molecule has 0 aromatic heterocycles. The molecule has 7 heteroatoms. The zero-order valence-corrected chi connectivity index (χ0v) is 9.19. The summed E-state index contributed by atoms with van der Waals surface area (Å²) in [5.74, 6) is 0. The molecular weight excluding hydrogens is 289 g/mol. The molecule has 0 radical (unpaired) electrons. The smallest absolute Gasteiger partial charge is 0.327 e. The molecule has 0 saturated carbocycles. The van der Waals surface area contributed by atoms with Crippen molar-refractivity contribution in [3.05, 3.63) is 27.7 Å². The number of hydrogen-bond acceptors (Lipinski definition) is 2. The number of nitriles is 1. The Bertz CT molecular complexity index is 465. The highest BCUT2D eigenvalue weighted by atomic mass is 79.9. The number of alkyl halides is 3. The van der Waals surface area contributed by atoms with Crippen LogP contribution in [-0.4, -0.2) is 6.41 Å². The molecule has 0 spiro atoms. The topological polar surface area (TPSA) is 52.9 Å². The predicted octanol–water partition coefficient (Wildman–Crippen LogP) is 2.91. The van der Waals surface area contributed by atoms with Gasteiger partial charge >= 0.3 is 6.18 Å². The van der Waals surface area contributed by atoms with Crippen LogP contribution < -0.4 is 5.32 Å². The summed E-state index contributed by atoms with van der Waals surface area (Å²) in [6.45, 7) is 0. The van der Waals surface area contributed by atoms with Crippen molar-refractivity contribution in [2.24, 2.45) is 0 Å².